The van der Waals surface area contributed by atoms with Gasteiger partial charge in [0.2, 0.25) is 11.9 Å². The largest absolute Gasteiger partial charge is 0.493 e. The van der Waals surface area contributed by atoms with Crippen LogP contribution in [0.4, 0.5) is 16.2 Å². The lowest BCUT2D eigenvalue weighted by atomic mass is 9.72. The number of ether oxygens (including phenoxy) is 2. The van der Waals surface area contributed by atoms with E-state index in [-0.39, 0.29) is 17.1 Å². The van der Waals surface area contributed by atoms with Gasteiger partial charge in [0.25, 0.3) is 0 Å². The lowest BCUT2D eigenvalue weighted by molar-refractivity contribution is -0.132. The number of fused-ring (bicyclic) bond motifs is 1. The molecule has 1 aliphatic heterocycles. The lowest BCUT2D eigenvalue weighted by Gasteiger charge is -2.44. The van der Waals surface area contributed by atoms with Crippen molar-refractivity contribution in [2.45, 2.75) is 38.0 Å². The van der Waals surface area contributed by atoms with E-state index in [2.05, 4.69) is 4.98 Å². The molecule has 0 aliphatic carbocycles. The van der Waals surface area contributed by atoms with Crippen LogP contribution < -0.4 is 20.1 Å². The zero-order valence-corrected chi connectivity index (χ0v) is 21.4. The summed E-state index contributed by atoms with van der Waals surface area (Å²) in [6, 6.07) is 10.2. The molecule has 1 saturated heterocycles. The van der Waals surface area contributed by atoms with Gasteiger partial charge in [0.1, 0.15) is 11.6 Å². The Kier molecular flexibility index (Phi) is 7.47. The summed E-state index contributed by atoms with van der Waals surface area (Å²) in [7, 11) is 5.07. The van der Waals surface area contributed by atoms with Crippen molar-refractivity contribution in [1.82, 2.24) is 14.9 Å². The summed E-state index contributed by atoms with van der Waals surface area (Å²) in [6.45, 7) is 3.91. The van der Waals surface area contributed by atoms with Crippen molar-refractivity contribution in [2.24, 2.45) is 0 Å². The number of piperidine rings is 1. The standard InChI is InChI=1S/C27H34FN5O3/c1-5-6-24(34)33-13-11-27(12-14-33,18-7-9-19(28)10-8-18)17-32(2)26-30-21-16-23(36-4)22(35-3)15-20(21)25(29)31-26/h7-10,15-16H,5-6,11-14,17H2,1-4H3,(H2,29,30,31). The second-order valence-electron chi connectivity index (χ2n) is 9.41. The molecule has 1 fully saturated rings. The molecule has 0 unspecified atom stereocenters. The fourth-order valence-corrected chi connectivity index (χ4v) is 5.06. The van der Waals surface area contributed by atoms with Gasteiger partial charge in [-0.05, 0) is 43.0 Å². The van der Waals surface area contributed by atoms with Gasteiger partial charge in [-0.3, -0.25) is 4.79 Å². The Morgan fingerprint density at radius 2 is 1.75 bits per heavy atom. The van der Waals surface area contributed by atoms with Crippen molar-refractivity contribution < 1.29 is 18.7 Å². The molecule has 0 saturated carbocycles. The predicted molar refractivity (Wildman–Crippen MR) is 139 cm³/mol. The molecule has 8 nitrogen and oxygen atoms in total. The highest BCUT2D eigenvalue weighted by Gasteiger charge is 2.39. The monoisotopic (exact) mass is 495 g/mol. The molecule has 1 amide bonds. The Morgan fingerprint density at radius 1 is 1.11 bits per heavy atom. The number of hydrogen-bond donors (Lipinski definition) is 1. The van der Waals surface area contributed by atoms with Crippen molar-refractivity contribution in [3.63, 3.8) is 0 Å². The van der Waals surface area contributed by atoms with E-state index in [1.165, 1.54) is 12.1 Å². The van der Waals surface area contributed by atoms with Gasteiger partial charge in [0.15, 0.2) is 11.5 Å². The number of nitrogens with two attached hydrogens (primary N) is 1. The zero-order chi connectivity index (χ0) is 25.9. The van der Waals surface area contributed by atoms with Crippen molar-refractivity contribution in [3.8, 4) is 11.5 Å². The number of nitrogen functional groups attached to an aromatic ring is 1. The molecule has 0 radical (unpaired) electrons. The number of carbonyl (C=O) groups excluding carboxylic acids is 1. The third-order valence-corrected chi connectivity index (χ3v) is 7.09. The summed E-state index contributed by atoms with van der Waals surface area (Å²) in [5.74, 6) is 1.86. The Hall–Kier alpha value is -3.62. The Bertz CT molecular complexity index is 1230. The van der Waals surface area contributed by atoms with Crippen molar-refractivity contribution >= 4 is 28.6 Å². The fourth-order valence-electron chi connectivity index (χ4n) is 5.06. The number of benzene rings is 2. The van der Waals surface area contributed by atoms with Crippen LogP contribution in [0, 0.1) is 5.82 Å². The Labute approximate surface area is 211 Å². The predicted octanol–water partition coefficient (Wildman–Crippen LogP) is 4.17. The molecule has 4 rings (SSSR count). The quantitative estimate of drug-likeness (QED) is 0.501. The molecule has 0 atom stereocenters. The van der Waals surface area contributed by atoms with Crippen molar-refractivity contribution in [3.05, 3.63) is 47.8 Å². The summed E-state index contributed by atoms with van der Waals surface area (Å²) in [4.78, 5) is 25.8. The molecule has 3 aromatic rings. The maximum atomic E-state index is 13.8. The van der Waals surface area contributed by atoms with Gasteiger partial charge >= 0.3 is 0 Å². The van der Waals surface area contributed by atoms with Gasteiger partial charge in [-0.25, -0.2) is 9.37 Å². The van der Waals surface area contributed by atoms with E-state index in [9.17, 15) is 9.18 Å². The number of carbonyl (C=O) groups is 1. The molecular formula is C27H34FN5O3. The van der Waals surface area contributed by atoms with E-state index >= 15 is 0 Å². The lowest BCUT2D eigenvalue weighted by Crippen LogP contribution is -2.50. The van der Waals surface area contributed by atoms with E-state index in [4.69, 9.17) is 20.2 Å². The van der Waals surface area contributed by atoms with E-state index in [1.54, 1.807) is 26.4 Å². The maximum Gasteiger partial charge on any atom is 0.227 e. The maximum absolute atomic E-state index is 13.8. The van der Waals surface area contributed by atoms with E-state index in [0.29, 0.717) is 60.2 Å². The minimum Gasteiger partial charge on any atom is -0.493 e. The number of methoxy groups -OCH3 is 2. The van der Waals surface area contributed by atoms with E-state index < -0.39 is 0 Å². The molecule has 0 bridgehead atoms. The molecule has 2 N–H and O–H groups in total. The highest BCUT2D eigenvalue weighted by molar-refractivity contribution is 5.91. The first kappa shape index (κ1) is 25.5. The van der Waals surface area contributed by atoms with Gasteiger partial charge in [-0.2, -0.15) is 4.98 Å². The summed E-state index contributed by atoms with van der Waals surface area (Å²) in [5, 5.41) is 0.681. The molecular weight excluding hydrogens is 461 g/mol. The SMILES string of the molecule is CCCC(=O)N1CCC(CN(C)c2nc(N)c3cc(OC)c(OC)cc3n2)(c2ccc(F)cc2)CC1. The van der Waals surface area contributed by atoms with Crippen LogP contribution in [0.3, 0.4) is 0 Å². The number of halogens is 1. The molecule has 36 heavy (non-hydrogen) atoms. The summed E-state index contributed by atoms with van der Waals surface area (Å²) >= 11 is 0. The molecule has 2 heterocycles. The topological polar surface area (TPSA) is 93.8 Å². The highest BCUT2D eigenvalue weighted by Crippen LogP contribution is 2.38. The summed E-state index contributed by atoms with van der Waals surface area (Å²) < 4.78 is 24.6. The molecule has 1 aliphatic rings. The molecule has 9 heteroatoms. The molecule has 192 valence electrons. The molecule has 1 aromatic heterocycles. The Morgan fingerprint density at radius 3 is 2.36 bits per heavy atom. The average molecular weight is 496 g/mol. The third-order valence-electron chi connectivity index (χ3n) is 7.09. The van der Waals surface area contributed by atoms with Crippen LogP contribution in [0.1, 0.15) is 38.2 Å². The first-order valence-electron chi connectivity index (χ1n) is 12.2. The smallest absolute Gasteiger partial charge is 0.227 e. The summed E-state index contributed by atoms with van der Waals surface area (Å²) in [6.07, 6.45) is 2.90. The van der Waals surface area contributed by atoms with E-state index in [1.807, 2.05) is 35.9 Å². The van der Waals surface area contributed by atoms with Gasteiger partial charge in [-0.1, -0.05) is 19.1 Å². The third kappa shape index (κ3) is 5.01. The van der Waals surface area contributed by atoms with Crippen LogP contribution in [0.25, 0.3) is 10.9 Å². The van der Waals surface area contributed by atoms with Gasteiger partial charge in [0.05, 0.1) is 19.7 Å². The second kappa shape index (κ2) is 10.6. The summed E-state index contributed by atoms with van der Waals surface area (Å²) in [5.41, 5.74) is 7.72. The average Bonchev–Trinajstić information content (AvgIpc) is 2.88. The minimum atomic E-state index is -0.296. The zero-order valence-electron chi connectivity index (χ0n) is 21.4. The van der Waals surface area contributed by atoms with Gasteiger partial charge in [-0.15, -0.1) is 0 Å². The van der Waals surface area contributed by atoms with Crippen LogP contribution in [0.5, 0.6) is 11.5 Å². The van der Waals surface area contributed by atoms with Crippen LogP contribution in [0.2, 0.25) is 0 Å². The second-order valence-corrected chi connectivity index (χ2v) is 9.41. The van der Waals surface area contributed by atoms with Gasteiger partial charge in [0, 0.05) is 50.0 Å². The van der Waals surface area contributed by atoms with Crippen LogP contribution in [0.15, 0.2) is 36.4 Å². The normalized spacial score (nSPS) is 15.1. The number of likely N-dealkylation sites (tertiary alicyclic amines) is 1. The fraction of sp³-hybridized carbons (Fsp3) is 0.444. The van der Waals surface area contributed by atoms with Crippen LogP contribution in [-0.2, 0) is 10.2 Å². The van der Waals surface area contributed by atoms with E-state index in [0.717, 1.165) is 24.8 Å². The highest BCUT2D eigenvalue weighted by atomic mass is 19.1. The minimum absolute atomic E-state index is 0.188. The Balaban J connectivity index is 1.66. The number of hydrogen-bond acceptors (Lipinski definition) is 7. The van der Waals surface area contributed by atoms with Crippen molar-refractivity contribution in [1.29, 1.82) is 0 Å². The molecule has 2 aromatic carbocycles. The van der Waals surface area contributed by atoms with Gasteiger partial charge < -0.3 is 25.0 Å². The number of aromatic nitrogens is 2. The number of likely N-dealkylation sites (N-methyl/N-ethyl adjacent to an activating group) is 1. The van der Waals surface area contributed by atoms with Crippen LogP contribution >= 0.6 is 0 Å². The number of nitrogens with zero attached hydrogens (tertiary/aromatic N) is 4. The first-order valence-corrected chi connectivity index (χ1v) is 12.2. The van der Waals surface area contributed by atoms with Crippen molar-refractivity contribution in [2.75, 3.05) is 51.5 Å². The first-order chi connectivity index (χ1) is 17.3. The van der Waals surface area contributed by atoms with Crippen LogP contribution in [-0.4, -0.2) is 61.7 Å². The molecule has 0 spiro atoms. The number of anilines is 2. The number of amides is 1. The number of rotatable bonds is 8.